The van der Waals surface area contributed by atoms with Gasteiger partial charge in [0.05, 0.1) is 12.0 Å². The summed E-state index contributed by atoms with van der Waals surface area (Å²) in [5.74, 6) is -0.334. The Balaban J connectivity index is 1.86. The molecule has 0 unspecified atom stereocenters. The van der Waals surface area contributed by atoms with Crippen LogP contribution >= 0.6 is 0 Å². The summed E-state index contributed by atoms with van der Waals surface area (Å²) >= 11 is 0. The average Bonchev–Trinajstić information content (AvgIpc) is 2.98. The van der Waals surface area contributed by atoms with Crippen molar-refractivity contribution < 1.29 is 17.9 Å². The van der Waals surface area contributed by atoms with Crippen molar-refractivity contribution in [3.8, 4) is 0 Å². The van der Waals surface area contributed by atoms with Crippen LogP contribution in [-0.4, -0.2) is 69.4 Å². The molecule has 0 aromatic carbocycles. The number of nitrogens with one attached hydrogen (secondary N) is 1. The van der Waals surface area contributed by atoms with Crippen LogP contribution in [0.3, 0.4) is 0 Å². The normalized spacial score (nSPS) is 28.0. The number of carbonyl (C=O) groups is 1. The highest BCUT2D eigenvalue weighted by Crippen LogP contribution is 2.20. The third-order valence-electron chi connectivity index (χ3n) is 4.07. The molecular weight excluding hydrogens is 294 g/mol. The lowest BCUT2D eigenvalue weighted by Gasteiger charge is -2.32. The van der Waals surface area contributed by atoms with Crippen LogP contribution in [0.1, 0.15) is 25.7 Å². The molecule has 2 aliphatic heterocycles. The van der Waals surface area contributed by atoms with Gasteiger partial charge in [-0.2, -0.15) is 17.0 Å². The molecule has 0 aromatic rings. The van der Waals surface area contributed by atoms with Gasteiger partial charge in [-0.1, -0.05) is 0 Å². The van der Waals surface area contributed by atoms with Gasteiger partial charge in [0.15, 0.2) is 0 Å². The lowest BCUT2D eigenvalue weighted by Crippen LogP contribution is -2.49. The van der Waals surface area contributed by atoms with Crippen LogP contribution in [0.2, 0.25) is 0 Å². The number of hydrogen-bond acceptors (Lipinski definition) is 4. The van der Waals surface area contributed by atoms with Crippen LogP contribution in [0.4, 0.5) is 0 Å². The molecule has 0 aromatic heterocycles. The molecule has 2 fully saturated rings. The number of hydrogen-bond donors (Lipinski definition) is 1. The van der Waals surface area contributed by atoms with Crippen molar-refractivity contribution >= 4 is 16.1 Å². The van der Waals surface area contributed by atoms with E-state index >= 15 is 0 Å². The molecule has 1 amide bonds. The fourth-order valence-corrected chi connectivity index (χ4v) is 3.95. The first-order chi connectivity index (χ1) is 9.91. The Morgan fingerprint density at radius 3 is 2.71 bits per heavy atom. The zero-order valence-electron chi connectivity index (χ0n) is 12.7. The predicted octanol–water partition coefficient (Wildman–Crippen LogP) is -0.200. The zero-order valence-corrected chi connectivity index (χ0v) is 13.6. The van der Waals surface area contributed by atoms with E-state index in [4.69, 9.17) is 4.74 Å². The summed E-state index contributed by atoms with van der Waals surface area (Å²) in [5.41, 5.74) is 0. The second-order valence-corrected chi connectivity index (χ2v) is 8.01. The van der Waals surface area contributed by atoms with Crippen molar-refractivity contribution in [2.75, 3.05) is 40.3 Å². The Bertz CT molecular complexity index is 460. The quantitative estimate of drug-likeness (QED) is 0.761. The molecular formula is C13H25N3O4S. The maximum absolute atomic E-state index is 12.2. The molecule has 0 saturated carbocycles. The first-order valence-electron chi connectivity index (χ1n) is 7.48. The first-order valence-corrected chi connectivity index (χ1v) is 8.88. The van der Waals surface area contributed by atoms with Crippen molar-refractivity contribution in [2.24, 2.45) is 5.92 Å². The Hall–Kier alpha value is -0.700. The Morgan fingerprint density at radius 1 is 1.33 bits per heavy atom. The zero-order chi connectivity index (χ0) is 15.5. The molecule has 2 atom stereocenters. The van der Waals surface area contributed by atoms with Gasteiger partial charge in [-0.15, -0.1) is 0 Å². The predicted molar refractivity (Wildman–Crippen MR) is 78.9 cm³/mol. The molecule has 0 bridgehead atoms. The molecule has 1 N–H and O–H groups in total. The molecule has 8 heteroatoms. The number of nitrogens with zero attached hydrogens (tertiary/aromatic N) is 2. The van der Waals surface area contributed by atoms with E-state index in [1.165, 1.54) is 22.7 Å². The van der Waals surface area contributed by atoms with Gasteiger partial charge in [-0.05, 0) is 25.7 Å². The van der Waals surface area contributed by atoms with Gasteiger partial charge >= 0.3 is 0 Å². The van der Waals surface area contributed by atoms with Crippen molar-refractivity contribution in [3.05, 3.63) is 0 Å². The van der Waals surface area contributed by atoms with Crippen LogP contribution in [0, 0.1) is 5.92 Å². The standard InChI is InChI=1S/C13H25N3O4S/c1-15(2)21(18,19)16-7-3-5-11(10-16)13(17)14-9-12-6-4-8-20-12/h11-12H,3-10H2,1-2H3,(H,14,17)/t11-,12+/m0/s1. The lowest BCUT2D eigenvalue weighted by atomic mass is 9.99. The smallest absolute Gasteiger partial charge is 0.281 e. The summed E-state index contributed by atoms with van der Waals surface area (Å²) in [7, 11) is -0.414. The summed E-state index contributed by atoms with van der Waals surface area (Å²) in [5, 5.41) is 2.90. The molecule has 2 heterocycles. The van der Waals surface area contributed by atoms with Crippen molar-refractivity contribution in [1.82, 2.24) is 13.9 Å². The molecule has 0 aliphatic carbocycles. The summed E-state index contributed by atoms with van der Waals surface area (Å²) in [6.45, 7) is 2.03. The van der Waals surface area contributed by atoms with E-state index in [0.29, 0.717) is 19.5 Å². The Labute approximate surface area is 126 Å². The van der Waals surface area contributed by atoms with Crippen LogP contribution in [0.5, 0.6) is 0 Å². The molecule has 2 rings (SSSR count). The summed E-state index contributed by atoms with van der Waals surface area (Å²) in [4.78, 5) is 12.2. The Morgan fingerprint density at radius 2 is 2.10 bits per heavy atom. The highest BCUT2D eigenvalue weighted by Gasteiger charge is 2.33. The van der Waals surface area contributed by atoms with Crippen LogP contribution < -0.4 is 5.32 Å². The number of piperidine rings is 1. The van der Waals surface area contributed by atoms with Gasteiger partial charge in [0.1, 0.15) is 0 Å². The topological polar surface area (TPSA) is 79.0 Å². The number of amides is 1. The van der Waals surface area contributed by atoms with E-state index in [0.717, 1.165) is 25.9 Å². The number of carbonyl (C=O) groups excluding carboxylic acids is 1. The average molecular weight is 319 g/mol. The Kier molecular flexibility index (Phi) is 5.59. The monoisotopic (exact) mass is 319 g/mol. The summed E-state index contributed by atoms with van der Waals surface area (Å²) < 4.78 is 32.3. The van der Waals surface area contributed by atoms with Crippen LogP contribution in [0.15, 0.2) is 0 Å². The largest absolute Gasteiger partial charge is 0.376 e. The van der Waals surface area contributed by atoms with E-state index in [-0.39, 0.29) is 24.5 Å². The van der Waals surface area contributed by atoms with E-state index in [1.807, 2.05) is 0 Å². The SMILES string of the molecule is CN(C)S(=O)(=O)N1CCC[C@H](C(=O)NC[C@H]2CCCO2)C1. The minimum absolute atomic E-state index is 0.0656. The van der Waals surface area contributed by atoms with Crippen molar-refractivity contribution in [2.45, 2.75) is 31.8 Å². The molecule has 7 nitrogen and oxygen atoms in total. The molecule has 21 heavy (non-hydrogen) atoms. The maximum Gasteiger partial charge on any atom is 0.281 e. The molecule has 122 valence electrons. The second-order valence-electron chi connectivity index (χ2n) is 5.87. The van der Waals surface area contributed by atoms with E-state index < -0.39 is 10.2 Å². The number of ether oxygens (including phenoxy) is 1. The van der Waals surface area contributed by atoms with Crippen LogP contribution in [0.25, 0.3) is 0 Å². The molecule has 2 aliphatic rings. The maximum atomic E-state index is 12.2. The summed E-state index contributed by atoms with van der Waals surface area (Å²) in [6, 6.07) is 0. The van der Waals surface area contributed by atoms with Crippen molar-refractivity contribution in [3.63, 3.8) is 0 Å². The van der Waals surface area contributed by atoms with Gasteiger partial charge in [0.25, 0.3) is 10.2 Å². The van der Waals surface area contributed by atoms with Gasteiger partial charge in [0, 0.05) is 40.3 Å². The van der Waals surface area contributed by atoms with E-state index in [1.54, 1.807) is 0 Å². The fourth-order valence-electron chi connectivity index (χ4n) is 2.76. The highest BCUT2D eigenvalue weighted by molar-refractivity contribution is 7.86. The van der Waals surface area contributed by atoms with Gasteiger partial charge in [-0.3, -0.25) is 4.79 Å². The highest BCUT2D eigenvalue weighted by atomic mass is 32.2. The third kappa shape index (κ3) is 4.15. The van der Waals surface area contributed by atoms with E-state index in [2.05, 4.69) is 5.32 Å². The van der Waals surface area contributed by atoms with E-state index in [9.17, 15) is 13.2 Å². The fraction of sp³-hybridized carbons (Fsp3) is 0.923. The second kappa shape index (κ2) is 7.04. The molecule has 0 spiro atoms. The third-order valence-corrected chi connectivity index (χ3v) is 5.98. The first kappa shape index (κ1) is 16.7. The number of rotatable bonds is 5. The van der Waals surface area contributed by atoms with Gasteiger partial charge in [0.2, 0.25) is 5.91 Å². The molecule has 2 saturated heterocycles. The minimum atomic E-state index is -3.44. The van der Waals surface area contributed by atoms with Gasteiger partial charge in [-0.25, -0.2) is 0 Å². The lowest BCUT2D eigenvalue weighted by molar-refractivity contribution is -0.126. The van der Waals surface area contributed by atoms with Crippen LogP contribution in [-0.2, 0) is 19.7 Å². The van der Waals surface area contributed by atoms with Gasteiger partial charge < -0.3 is 10.1 Å². The molecule has 0 radical (unpaired) electrons. The van der Waals surface area contributed by atoms with Crippen molar-refractivity contribution in [1.29, 1.82) is 0 Å². The minimum Gasteiger partial charge on any atom is -0.376 e. The summed E-state index contributed by atoms with van der Waals surface area (Å²) in [6.07, 6.45) is 3.58.